The van der Waals surface area contributed by atoms with Gasteiger partial charge in [-0.2, -0.15) is 10.2 Å². The second-order valence-electron chi connectivity index (χ2n) is 6.87. The summed E-state index contributed by atoms with van der Waals surface area (Å²) in [4.78, 5) is 26.0. The predicted octanol–water partition coefficient (Wildman–Crippen LogP) is 3.32. The van der Waals surface area contributed by atoms with Crippen molar-refractivity contribution in [2.75, 3.05) is 0 Å². The molecule has 0 saturated heterocycles. The number of nitrogens with zero attached hydrogens (tertiary/aromatic N) is 4. The van der Waals surface area contributed by atoms with Gasteiger partial charge in [-0.15, -0.1) is 11.3 Å². The van der Waals surface area contributed by atoms with Gasteiger partial charge in [-0.1, -0.05) is 23.7 Å². The number of hydrogen-bond acceptors (Lipinski definition) is 5. The molecule has 0 bridgehead atoms. The van der Waals surface area contributed by atoms with Crippen molar-refractivity contribution >= 4 is 45.0 Å². The van der Waals surface area contributed by atoms with Crippen molar-refractivity contribution in [1.29, 1.82) is 0 Å². The SMILES string of the molecule is Cc1cc(C)n(CC(=O)NNC(=O)c2cc3c(C)nn(-c4ccccc4Cl)c3s2)n1. The van der Waals surface area contributed by atoms with Crippen molar-refractivity contribution < 1.29 is 9.59 Å². The molecule has 4 rings (SSSR count). The van der Waals surface area contributed by atoms with E-state index in [-0.39, 0.29) is 12.5 Å². The largest absolute Gasteiger partial charge is 0.279 e. The topological polar surface area (TPSA) is 93.8 Å². The number of aromatic nitrogens is 4. The first-order chi connectivity index (χ1) is 14.3. The van der Waals surface area contributed by atoms with E-state index in [0.717, 1.165) is 33.0 Å². The van der Waals surface area contributed by atoms with Gasteiger partial charge in [-0.25, -0.2) is 4.68 Å². The molecular weight excluding hydrogens is 424 g/mol. The zero-order valence-electron chi connectivity index (χ0n) is 16.6. The standard InChI is InChI=1S/C20H19ClN6O2S/c1-11-8-12(2)26(24-11)10-18(28)22-23-19(29)17-9-14-13(3)25-27(20(14)30-17)16-7-5-4-6-15(16)21/h4-9H,10H2,1-3H3,(H,22,28)(H,23,29). The lowest BCUT2D eigenvalue weighted by atomic mass is 10.3. The van der Waals surface area contributed by atoms with E-state index < -0.39 is 5.91 Å². The summed E-state index contributed by atoms with van der Waals surface area (Å²) in [6, 6.07) is 11.0. The summed E-state index contributed by atoms with van der Waals surface area (Å²) in [6.07, 6.45) is 0. The lowest BCUT2D eigenvalue weighted by Crippen LogP contribution is -2.43. The summed E-state index contributed by atoms with van der Waals surface area (Å²) in [7, 11) is 0. The average Bonchev–Trinajstić information content (AvgIpc) is 3.36. The Morgan fingerprint density at radius 3 is 2.57 bits per heavy atom. The monoisotopic (exact) mass is 442 g/mol. The predicted molar refractivity (Wildman–Crippen MR) is 116 cm³/mol. The Kier molecular flexibility index (Phi) is 5.31. The average molecular weight is 443 g/mol. The van der Waals surface area contributed by atoms with Crippen molar-refractivity contribution in [3.63, 3.8) is 0 Å². The van der Waals surface area contributed by atoms with Gasteiger partial charge in [0.2, 0.25) is 0 Å². The number of rotatable bonds is 4. The van der Waals surface area contributed by atoms with Gasteiger partial charge in [0.15, 0.2) is 0 Å². The van der Waals surface area contributed by atoms with Crippen molar-refractivity contribution in [1.82, 2.24) is 30.4 Å². The van der Waals surface area contributed by atoms with E-state index >= 15 is 0 Å². The summed E-state index contributed by atoms with van der Waals surface area (Å²) in [5.41, 5.74) is 8.13. The fourth-order valence-electron chi connectivity index (χ4n) is 3.14. The van der Waals surface area contributed by atoms with Crippen molar-refractivity contribution in [2.24, 2.45) is 0 Å². The molecule has 0 atom stereocenters. The fourth-order valence-corrected chi connectivity index (χ4v) is 4.43. The normalized spacial score (nSPS) is 11.1. The summed E-state index contributed by atoms with van der Waals surface area (Å²) in [5.74, 6) is -0.767. The maximum Gasteiger partial charge on any atom is 0.279 e. The van der Waals surface area contributed by atoms with Gasteiger partial charge in [-0.05, 0) is 45.0 Å². The van der Waals surface area contributed by atoms with Gasteiger partial charge in [0.1, 0.15) is 11.4 Å². The van der Waals surface area contributed by atoms with Crippen LogP contribution in [0.5, 0.6) is 0 Å². The third kappa shape index (κ3) is 3.81. The molecule has 1 aromatic carbocycles. The van der Waals surface area contributed by atoms with E-state index in [1.54, 1.807) is 21.5 Å². The number of para-hydroxylation sites is 1. The molecule has 0 spiro atoms. The van der Waals surface area contributed by atoms with Crippen LogP contribution in [0, 0.1) is 20.8 Å². The molecule has 0 fully saturated rings. The maximum atomic E-state index is 12.6. The summed E-state index contributed by atoms with van der Waals surface area (Å²) in [5, 5.41) is 10.2. The number of aryl methyl sites for hydroxylation is 3. The van der Waals surface area contributed by atoms with Gasteiger partial charge < -0.3 is 0 Å². The number of amides is 2. The number of carbonyl (C=O) groups is 2. The highest BCUT2D eigenvalue weighted by atomic mass is 35.5. The van der Waals surface area contributed by atoms with Gasteiger partial charge in [0, 0.05) is 11.1 Å². The van der Waals surface area contributed by atoms with Gasteiger partial charge in [-0.3, -0.25) is 25.1 Å². The van der Waals surface area contributed by atoms with E-state index in [9.17, 15) is 9.59 Å². The highest BCUT2D eigenvalue weighted by Crippen LogP contribution is 2.32. The Balaban J connectivity index is 1.50. The number of hydrazine groups is 1. The molecule has 10 heteroatoms. The van der Waals surface area contributed by atoms with Gasteiger partial charge in [0.25, 0.3) is 11.8 Å². The Hall–Kier alpha value is -3.17. The molecule has 3 heterocycles. The van der Waals surface area contributed by atoms with Crippen molar-refractivity contribution in [3.05, 3.63) is 63.4 Å². The Morgan fingerprint density at radius 2 is 1.87 bits per heavy atom. The molecule has 0 unspecified atom stereocenters. The number of halogens is 1. The summed E-state index contributed by atoms with van der Waals surface area (Å²) < 4.78 is 3.31. The quantitative estimate of drug-likeness (QED) is 0.474. The van der Waals surface area contributed by atoms with Crippen LogP contribution in [0.4, 0.5) is 0 Å². The molecule has 2 N–H and O–H groups in total. The third-order valence-electron chi connectivity index (χ3n) is 4.56. The molecule has 154 valence electrons. The molecule has 0 aliphatic heterocycles. The molecule has 2 amide bonds. The second kappa shape index (κ2) is 7.92. The smallest absolute Gasteiger partial charge is 0.271 e. The van der Waals surface area contributed by atoms with Crippen LogP contribution in [0.15, 0.2) is 36.4 Å². The fraction of sp³-hybridized carbons (Fsp3) is 0.200. The first-order valence-electron chi connectivity index (χ1n) is 9.18. The zero-order valence-corrected chi connectivity index (χ0v) is 18.1. The molecule has 30 heavy (non-hydrogen) atoms. The highest BCUT2D eigenvalue weighted by molar-refractivity contribution is 7.20. The number of carbonyl (C=O) groups excluding carboxylic acids is 2. The molecule has 0 saturated carbocycles. The molecule has 8 nitrogen and oxygen atoms in total. The molecule has 0 aliphatic rings. The number of hydrogen-bond donors (Lipinski definition) is 2. The van der Waals surface area contributed by atoms with Crippen LogP contribution in [-0.4, -0.2) is 31.4 Å². The highest BCUT2D eigenvalue weighted by Gasteiger charge is 2.18. The van der Waals surface area contributed by atoms with Crippen molar-refractivity contribution in [3.8, 4) is 5.69 Å². The van der Waals surface area contributed by atoms with E-state index in [1.807, 2.05) is 45.0 Å². The van der Waals surface area contributed by atoms with Gasteiger partial charge >= 0.3 is 0 Å². The summed E-state index contributed by atoms with van der Waals surface area (Å²) >= 11 is 7.59. The number of benzene rings is 1. The molecule has 0 radical (unpaired) electrons. The van der Waals surface area contributed by atoms with E-state index in [4.69, 9.17) is 11.6 Å². The van der Waals surface area contributed by atoms with Crippen LogP contribution < -0.4 is 10.9 Å². The van der Waals surface area contributed by atoms with Crippen LogP contribution in [0.1, 0.15) is 26.8 Å². The first kappa shape index (κ1) is 20.1. The van der Waals surface area contributed by atoms with Crippen LogP contribution in [0.2, 0.25) is 5.02 Å². The van der Waals surface area contributed by atoms with Crippen molar-refractivity contribution in [2.45, 2.75) is 27.3 Å². The Bertz CT molecular complexity index is 1270. The molecular formula is C20H19ClN6O2S. The Morgan fingerprint density at radius 1 is 1.10 bits per heavy atom. The second-order valence-corrected chi connectivity index (χ2v) is 8.30. The van der Waals surface area contributed by atoms with Crippen LogP contribution in [0.25, 0.3) is 15.9 Å². The molecule has 0 aliphatic carbocycles. The summed E-state index contributed by atoms with van der Waals surface area (Å²) in [6.45, 7) is 5.62. The van der Waals surface area contributed by atoms with Crippen LogP contribution in [0.3, 0.4) is 0 Å². The Labute approximate surface area is 181 Å². The van der Waals surface area contributed by atoms with E-state index in [2.05, 4.69) is 21.0 Å². The minimum Gasteiger partial charge on any atom is -0.271 e. The first-order valence-corrected chi connectivity index (χ1v) is 10.4. The number of nitrogens with one attached hydrogen (secondary N) is 2. The zero-order chi connectivity index (χ0) is 21.4. The lowest BCUT2D eigenvalue weighted by Gasteiger charge is -2.07. The van der Waals surface area contributed by atoms with E-state index in [1.165, 1.54) is 11.3 Å². The maximum absolute atomic E-state index is 12.6. The van der Waals surface area contributed by atoms with Gasteiger partial charge in [0.05, 0.1) is 27.0 Å². The van der Waals surface area contributed by atoms with Crippen LogP contribution in [-0.2, 0) is 11.3 Å². The molecule has 3 aromatic heterocycles. The lowest BCUT2D eigenvalue weighted by molar-refractivity contribution is -0.122. The number of thiophene rings is 1. The van der Waals surface area contributed by atoms with E-state index in [0.29, 0.717) is 9.90 Å². The molecule has 4 aromatic rings. The third-order valence-corrected chi connectivity index (χ3v) is 5.99. The number of fused-ring (bicyclic) bond motifs is 1. The minimum absolute atomic E-state index is 0.0208. The van der Waals surface area contributed by atoms with Crippen LogP contribution >= 0.6 is 22.9 Å². The minimum atomic E-state index is -0.400.